The quantitative estimate of drug-likeness (QED) is 0.175. The first kappa shape index (κ1) is 45.9. The van der Waals surface area contributed by atoms with Gasteiger partial charge in [-0.25, -0.2) is 0 Å². The molecular formula is C81H49NO2. The normalized spacial score (nSPS) is 14.9. The van der Waals surface area contributed by atoms with E-state index in [9.17, 15) is 0 Å². The molecule has 2 heterocycles. The molecule has 0 fully saturated rings. The Balaban J connectivity index is 0.908. The van der Waals surface area contributed by atoms with E-state index in [2.05, 4.69) is 302 Å². The van der Waals surface area contributed by atoms with Gasteiger partial charge in [-0.15, -0.1) is 0 Å². The molecular weight excluding hydrogens is 1020 g/mol. The molecule has 0 radical (unpaired) electrons. The number of hydrogen-bond donors (Lipinski definition) is 0. The second-order valence-corrected chi connectivity index (χ2v) is 23.2. The molecule has 0 N–H and O–H groups in total. The first-order valence-electron chi connectivity index (χ1n) is 29.2. The molecule has 0 amide bonds. The van der Waals surface area contributed by atoms with Crippen molar-refractivity contribution in [1.82, 2.24) is 0 Å². The van der Waals surface area contributed by atoms with Crippen molar-refractivity contribution in [3.8, 4) is 78.6 Å². The molecule has 0 bridgehead atoms. The number of ether oxygens (including phenoxy) is 2. The SMILES string of the molecule is c1ccc2c(c1)Oc1ccccc1C21c2ccccc2-c2ccc(-c3ccccc3N(c3ccc4c(c3)C3(c5ccccc5-c5ccccc53)c3ccccc3-4)c3cccc4c3-c3ccccc3C43c4ccccc4Oc4ccccc43)cc21. The Labute approximate surface area is 487 Å². The highest BCUT2D eigenvalue weighted by molar-refractivity contribution is 6.03. The summed E-state index contributed by atoms with van der Waals surface area (Å²) in [5.74, 6) is 3.51. The van der Waals surface area contributed by atoms with Crippen LogP contribution in [0, 0.1) is 0 Å². The van der Waals surface area contributed by atoms with Crippen LogP contribution in [0.3, 0.4) is 0 Å². The second kappa shape index (κ2) is 16.7. The van der Waals surface area contributed by atoms with Crippen LogP contribution in [0.1, 0.15) is 66.8 Å². The van der Waals surface area contributed by atoms with Gasteiger partial charge < -0.3 is 14.4 Å². The van der Waals surface area contributed by atoms with Crippen LogP contribution in [0.25, 0.3) is 55.6 Å². The fraction of sp³-hybridized carbons (Fsp3) is 0.0370. The average molecular weight is 1070 g/mol. The molecule has 0 saturated carbocycles. The van der Waals surface area contributed by atoms with E-state index in [0.717, 1.165) is 73.4 Å². The highest BCUT2D eigenvalue weighted by Crippen LogP contribution is 2.68. The molecule has 0 unspecified atom stereocenters. The third kappa shape index (κ3) is 5.57. The third-order valence-electron chi connectivity index (χ3n) is 19.6. The molecule has 3 heteroatoms. The largest absolute Gasteiger partial charge is 0.457 e. The molecule has 390 valence electrons. The zero-order valence-corrected chi connectivity index (χ0v) is 45.6. The van der Waals surface area contributed by atoms with E-state index in [0.29, 0.717) is 0 Å². The smallest absolute Gasteiger partial charge is 0.132 e. The molecule has 3 spiro atoms. The third-order valence-corrected chi connectivity index (χ3v) is 19.6. The number of nitrogens with zero attached hydrogens (tertiary/aromatic N) is 1. The van der Waals surface area contributed by atoms with Gasteiger partial charge in [-0.3, -0.25) is 0 Å². The maximum atomic E-state index is 6.86. The summed E-state index contributed by atoms with van der Waals surface area (Å²) >= 11 is 0. The summed E-state index contributed by atoms with van der Waals surface area (Å²) in [4.78, 5) is 2.60. The number of para-hydroxylation sites is 5. The summed E-state index contributed by atoms with van der Waals surface area (Å²) in [6, 6.07) is 111. The molecule has 6 aliphatic rings. The van der Waals surface area contributed by atoms with Gasteiger partial charge in [-0.1, -0.05) is 243 Å². The van der Waals surface area contributed by atoms with Crippen LogP contribution in [-0.4, -0.2) is 0 Å². The number of hydrogen-bond acceptors (Lipinski definition) is 3. The Morgan fingerprint density at radius 1 is 0.214 bits per heavy atom. The monoisotopic (exact) mass is 1070 g/mol. The summed E-state index contributed by atoms with van der Waals surface area (Å²) < 4.78 is 13.7. The van der Waals surface area contributed by atoms with Crippen LogP contribution in [0.15, 0.2) is 297 Å². The lowest BCUT2D eigenvalue weighted by Crippen LogP contribution is -2.32. The predicted molar refractivity (Wildman–Crippen MR) is 338 cm³/mol. The minimum Gasteiger partial charge on any atom is -0.457 e. The fourth-order valence-corrected chi connectivity index (χ4v) is 16.6. The van der Waals surface area contributed by atoms with Crippen molar-refractivity contribution in [2.45, 2.75) is 16.2 Å². The Morgan fingerprint density at radius 3 is 1.02 bits per heavy atom. The van der Waals surface area contributed by atoms with E-state index in [1.165, 1.54) is 89.0 Å². The highest BCUT2D eigenvalue weighted by atomic mass is 16.5. The van der Waals surface area contributed by atoms with E-state index < -0.39 is 16.2 Å². The predicted octanol–water partition coefficient (Wildman–Crippen LogP) is 20.1. The van der Waals surface area contributed by atoms with Crippen LogP contribution in [0.4, 0.5) is 17.1 Å². The summed E-state index contributed by atoms with van der Waals surface area (Å²) in [7, 11) is 0. The van der Waals surface area contributed by atoms with Crippen molar-refractivity contribution in [2.75, 3.05) is 4.90 Å². The molecule has 19 rings (SSSR count). The number of anilines is 3. The minimum atomic E-state index is -0.668. The first-order chi connectivity index (χ1) is 41.7. The number of rotatable bonds is 4. The number of fused-ring (bicyclic) bond motifs is 28. The van der Waals surface area contributed by atoms with Crippen molar-refractivity contribution >= 4 is 17.1 Å². The van der Waals surface area contributed by atoms with Crippen LogP contribution in [-0.2, 0) is 16.2 Å². The molecule has 0 aromatic heterocycles. The molecule has 13 aromatic carbocycles. The summed E-state index contributed by atoms with van der Waals surface area (Å²) in [6.07, 6.45) is 0. The van der Waals surface area contributed by atoms with Gasteiger partial charge in [0, 0.05) is 39.1 Å². The maximum Gasteiger partial charge on any atom is 0.132 e. The minimum absolute atomic E-state index is 0.551. The summed E-state index contributed by atoms with van der Waals surface area (Å²) in [6.45, 7) is 0. The van der Waals surface area contributed by atoms with Crippen molar-refractivity contribution in [2.24, 2.45) is 0 Å². The van der Waals surface area contributed by atoms with E-state index in [-0.39, 0.29) is 0 Å². The lowest BCUT2D eigenvalue weighted by Gasteiger charge is -2.39. The molecule has 3 nitrogen and oxygen atoms in total. The topological polar surface area (TPSA) is 21.7 Å². The lowest BCUT2D eigenvalue weighted by atomic mass is 9.66. The molecule has 13 aromatic rings. The molecule has 0 saturated heterocycles. The fourth-order valence-electron chi connectivity index (χ4n) is 16.6. The van der Waals surface area contributed by atoms with Crippen molar-refractivity contribution in [3.05, 3.63) is 364 Å². The van der Waals surface area contributed by atoms with Gasteiger partial charge in [0.05, 0.1) is 27.6 Å². The standard InChI is InChI=1S/C81H49NO2/c1-7-28-60-53(23-1)54-24-2-8-29-61(54)79(60)62-30-9-3-26-56(62)58-47-45-51(49-71(58)79)82(73-39-21-37-69-78(73)59-27-5-11-32-64(59)80(69)65-33-12-17-40-74(65)83-75-41-18-13-34-66(75)80)72-38-16-6-22-52(72)50-44-46-57-55-25-4-10-31-63(55)81(70(57)48-50)67-35-14-19-42-76(67)84-77-43-20-15-36-68(77)81/h1-49H. The molecule has 84 heavy (non-hydrogen) atoms. The van der Waals surface area contributed by atoms with Crippen molar-refractivity contribution < 1.29 is 9.47 Å². The van der Waals surface area contributed by atoms with Gasteiger partial charge in [-0.05, 0) is 144 Å². The van der Waals surface area contributed by atoms with E-state index in [1.54, 1.807) is 0 Å². The van der Waals surface area contributed by atoms with E-state index in [4.69, 9.17) is 9.47 Å². The van der Waals surface area contributed by atoms with Crippen LogP contribution >= 0.6 is 0 Å². The van der Waals surface area contributed by atoms with Gasteiger partial charge in [0.25, 0.3) is 0 Å². The van der Waals surface area contributed by atoms with Crippen molar-refractivity contribution in [1.29, 1.82) is 0 Å². The average Bonchev–Trinajstić information content (AvgIpc) is 1.67. The highest BCUT2D eigenvalue weighted by Gasteiger charge is 2.55. The van der Waals surface area contributed by atoms with Gasteiger partial charge in [0.1, 0.15) is 23.0 Å². The zero-order chi connectivity index (χ0) is 54.9. The Morgan fingerprint density at radius 2 is 0.536 bits per heavy atom. The van der Waals surface area contributed by atoms with Crippen LogP contribution < -0.4 is 14.4 Å². The maximum absolute atomic E-state index is 6.86. The van der Waals surface area contributed by atoms with Gasteiger partial charge in [0.15, 0.2) is 0 Å². The number of benzene rings is 13. The lowest BCUT2D eigenvalue weighted by molar-refractivity contribution is 0.436. The first-order valence-corrected chi connectivity index (χ1v) is 29.2. The van der Waals surface area contributed by atoms with Gasteiger partial charge in [-0.2, -0.15) is 0 Å². The second-order valence-electron chi connectivity index (χ2n) is 23.2. The van der Waals surface area contributed by atoms with Gasteiger partial charge >= 0.3 is 0 Å². The molecule has 0 atom stereocenters. The van der Waals surface area contributed by atoms with E-state index >= 15 is 0 Å². The van der Waals surface area contributed by atoms with Crippen LogP contribution in [0.2, 0.25) is 0 Å². The molecule has 2 aliphatic heterocycles. The van der Waals surface area contributed by atoms with Crippen molar-refractivity contribution in [3.63, 3.8) is 0 Å². The Kier molecular flexibility index (Phi) is 9.13. The Hall–Kier alpha value is -10.7. The summed E-state index contributed by atoms with van der Waals surface area (Å²) in [5.41, 5.74) is 28.4. The zero-order valence-electron chi connectivity index (χ0n) is 45.6. The van der Waals surface area contributed by atoms with E-state index in [1.807, 2.05) is 0 Å². The summed E-state index contributed by atoms with van der Waals surface area (Å²) in [5, 5.41) is 0. The van der Waals surface area contributed by atoms with Gasteiger partial charge in [0.2, 0.25) is 0 Å². The van der Waals surface area contributed by atoms with Crippen LogP contribution in [0.5, 0.6) is 23.0 Å². The Bertz CT molecular complexity index is 4870. The molecule has 4 aliphatic carbocycles.